The summed E-state index contributed by atoms with van der Waals surface area (Å²) in [7, 11) is 0. The van der Waals surface area contributed by atoms with Crippen LogP contribution in [0.2, 0.25) is 0 Å². The zero-order chi connectivity index (χ0) is 16.8. The Hall–Kier alpha value is -2.27. The summed E-state index contributed by atoms with van der Waals surface area (Å²) in [6.45, 7) is 0.336. The van der Waals surface area contributed by atoms with Crippen LogP contribution in [0.15, 0.2) is 59.5 Å². The summed E-state index contributed by atoms with van der Waals surface area (Å²) in [5, 5.41) is 5.87. The topological polar surface area (TPSA) is 58.2 Å². The number of nitrogens with one attached hydrogen (secondary N) is 2. The number of rotatable bonds is 5. The molecule has 24 heavy (non-hydrogen) atoms. The first kappa shape index (κ1) is 16.6. The van der Waals surface area contributed by atoms with E-state index in [9.17, 15) is 9.59 Å². The number of hydrogen-bond acceptors (Lipinski definition) is 3. The zero-order valence-corrected chi connectivity index (χ0v) is 14.1. The molecule has 2 aromatic carbocycles. The van der Waals surface area contributed by atoms with E-state index >= 15 is 0 Å². The molecule has 0 unspecified atom stereocenters. The number of hydrogen-bond donors (Lipinski definition) is 2. The summed E-state index contributed by atoms with van der Waals surface area (Å²) in [6.07, 6.45) is 1.22. The van der Waals surface area contributed by atoms with Crippen molar-refractivity contribution in [2.24, 2.45) is 0 Å². The van der Waals surface area contributed by atoms with Crippen molar-refractivity contribution in [1.82, 2.24) is 10.6 Å². The Morgan fingerprint density at radius 1 is 1.04 bits per heavy atom. The van der Waals surface area contributed by atoms with Gasteiger partial charge in [-0.1, -0.05) is 36.4 Å². The van der Waals surface area contributed by atoms with Crippen LogP contribution in [0.5, 0.6) is 0 Å². The van der Waals surface area contributed by atoms with Crippen LogP contribution in [0, 0.1) is 0 Å². The first-order valence-electron chi connectivity index (χ1n) is 8.08. The highest BCUT2D eigenvalue weighted by Crippen LogP contribution is 2.35. The van der Waals surface area contributed by atoms with Crippen molar-refractivity contribution in [3.63, 3.8) is 0 Å². The quantitative estimate of drug-likeness (QED) is 0.879. The third-order valence-electron chi connectivity index (χ3n) is 3.97. The molecule has 124 valence electrons. The Balaban J connectivity index is 1.48. The summed E-state index contributed by atoms with van der Waals surface area (Å²) in [6, 6.07) is 17.3. The molecule has 2 aromatic rings. The Labute approximate surface area is 146 Å². The van der Waals surface area contributed by atoms with Gasteiger partial charge in [0, 0.05) is 29.2 Å². The third-order valence-corrected chi connectivity index (χ3v) is 5.09. The van der Waals surface area contributed by atoms with Gasteiger partial charge in [-0.2, -0.15) is 0 Å². The minimum Gasteiger partial charge on any atom is -0.352 e. The second kappa shape index (κ2) is 8.02. The normalized spacial score (nSPS) is 16.1. The Morgan fingerprint density at radius 2 is 1.79 bits per heavy atom. The first-order chi connectivity index (χ1) is 11.7. The van der Waals surface area contributed by atoms with Crippen LogP contribution in [0.3, 0.4) is 0 Å². The lowest BCUT2D eigenvalue weighted by Gasteiger charge is -2.25. The predicted octanol–water partition coefficient (Wildman–Crippen LogP) is 3.16. The van der Waals surface area contributed by atoms with E-state index in [0.717, 1.165) is 12.2 Å². The minimum absolute atomic E-state index is 0.0323. The van der Waals surface area contributed by atoms with Crippen molar-refractivity contribution in [3.05, 3.63) is 65.7 Å². The molecule has 3 rings (SSSR count). The molecule has 1 aliphatic heterocycles. The Kier molecular flexibility index (Phi) is 5.54. The van der Waals surface area contributed by atoms with Gasteiger partial charge in [-0.05, 0) is 30.2 Å². The van der Waals surface area contributed by atoms with Gasteiger partial charge in [0.15, 0.2) is 0 Å². The molecule has 0 radical (unpaired) electrons. The van der Waals surface area contributed by atoms with Gasteiger partial charge in [0.05, 0.1) is 6.04 Å². The van der Waals surface area contributed by atoms with E-state index in [0.29, 0.717) is 12.1 Å². The number of carbonyl (C=O) groups is 2. The van der Waals surface area contributed by atoms with Crippen LogP contribution in [-0.4, -0.2) is 24.1 Å². The van der Waals surface area contributed by atoms with Crippen LogP contribution >= 0.6 is 11.8 Å². The maximum atomic E-state index is 12.2. The predicted molar refractivity (Wildman–Crippen MR) is 96.1 cm³/mol. The molecular weight excluding hydrogens is 320 g/mol. The maximum absolute atomic E-state index is 12.2. The third kappa shape index (κ3) is 4.17. The van der Waals surface area contributed by atoms with Gasteiger partial charge in [0.2, 0.25) is 5.91 Å². The monoisotopic (exact) mass is 340 g/mol. The summed E-state index contributed by atoms with van der Waals surface area (Å²) in [5.41, 5.74) is 1.80. The molecule has 1 heterocycles. The van der Waals surface area contributed by atoms with Crippen molar-refractivity contribution in [2.75, 3.05) is 12.3 Å². The largest absolute Gasteiger partial charge is 0.352 e. The van der Waals surface area contributed by atoms with E-state index < -0.39 is 0 Å². The van der Waals surface area contributed by atoms with Crippen LogP contribution < -0.4 is 10.6 Å². The maximum Gasteiger partial charge on any atom is 0.251 e. The molecule has 2 amide bonds. The van der Waals surface area contributed by atoms with E-state index in [1.165, 1.54) is 10.5 Å². The smallest absolute Gasteiger partial charge is 0.251 e. The van der Waals surface area contributed by atoms with Gasteiger partial charge in [0.1, 0.15) is 0 Å². The molecule has 0 bridgehead atoms. The van der Waals surface area contributed by atoms with Crippen molar-refractivity contribution in [3.8, 4) is 0 Å². The van der Waals surface area contributed by atoms with Gasteiger partial charge in [-0.15, -0.1) is 11.8 Å². The molecular formula is C19H20N2O2S. The van der Waals surface area contributed by atoms with Crippen LogP contribution in [-0.2, 0) is 4.79 Å². The highest BCUT2D eigenvalue weighted by Gasteiger charge is 2.21. The molecule has 2 N–H and O–H groups in total. The molecule has 0 saturated carbocycles. The lowest BCUT2D eigenvalue weighted by atomic mass is 10.0. The van der Waals surface area contributed by atoms with E-state index in [1.54, 1.807) is 12.1 Å². The van der Waals surface area contributed by atoms with Crippen LogP contribution in [0.25, 0.3) is 0 Å². The molecule has 0 aromatic heterocycles. The second-order valence-electron chi connectivity index (χ2n) is 5.67. The number of carbonyl (C=O) groups excluding carboxylic acids is 2. The van der Waals surface area contributed by atoms with Crippen molar-refractivity contribution in [2.45, 2.75) is 23.8 Å². The molecule has 0 spiro atoms. The van der Waals surface area contributed by atoms with E-state index in [4.69, 9.17) is 0 Å². The number of amides is 2. The fourth-order valence-electron chi connectivity index (χ4n) is 2.74. The molecule has 5 heteroatoms. The number of fused-ring (bicyclic) bond motifs is 1. The minimum atomic E-state index is -0.150. The summed E-state index contributed by atoms with van der Waals surface area (Å²) in [4.78, 5) is 25.3. The lowest BCUT2D eigenvalue weighted by molar-refractivity contribution is -0.121. The standard InChI is InChI=1S/C19H20N2O2S/c22-18(10-12-20-19(23)14-6-2-1-3-7-14)21-16-11-13-24-17-9-5-4-8-15(16)17/h1-9,16H,10-13H2,(H,20,23)(H,21,22)/t16-/m1/s1. The molecule has 1 atom stereocenters. The summed E-state index contributed by atoms with van der Waals surface area (Å²) in [5.74, 6) is 0.824. The van der Waals surface area contributed by atoms with Gasteiger partial charge < -0.3 is 10.6 Å². The van der Waals surface area contributed by atoms with Gasteiger partial charge in [-0.25, -0.2) is 0 Å². The van der Waals surface area contributed by atoms with E-state index in [-0.39, 0.29) is 24.3 Å². The lowest BCUT2D eigenvalue weighted by Crippen LogP contribution is -2.34. The first-order valence-corrected chi connectivity index (χ1v) is 9.07. The highest BCUT2D eigenvalue weighted by molar-refractivity contribution is 7.99. The fraction of sp³-hybridized carbons (Fsp3) is 0.263. The fourth-order valence-corrected chi connectivity index (χ4v) is 3.86. The zero-order valence-electron chi connectivity index (χ0n) is 13.3. The molecule has 4 nitrogen and oxygen atoms in total. The molecule has 0 fully saturated rings. The summed E-state index contributed by atoms with van der Waals surface area (Å²) >= 11 is 1.83. The summed E-state index contributed by atoms with van der Waals surface area (Å²) < 4.78 is 0. The van der Waals surface area contributed by atoms with Crippen molar-refractivity contribution in [1.29, 1.82) is 0 Å². The number of benzene rings is 2. The Morgan fingerprint density at radius 3 is 2.62 bits per heavy atom. The Bertz CT molecular complexity index is 718. The average Bonchev–Trinajstić information content (AvgIpc) is 2.63. The van der Waals surface area contributed by atoms with Gasteiger partial charge >= 0.3 is 0 Å². The van der Waals surface area contributed by atoms with E-state index in [1.807, 2.05) is 42.1 Å². The SMILES string of the molecule is O=C(CCNC(=O)c1ccccc1)N[C@@H]1CCSc2ccccc21. The number of thioether (sulfide) groups is 1. The second-order valence-corrected chi connectivity index (χ2v) is 6.80. The van der Waals surface area contributed by atoms with Crippen molar-refractivity contribution >= 4 is 23.6 Å². The van der Waals surface area contributed by atoms with Gasteiger partial charge in [0.25, 0.3) is 5.91 Å². The van der Waals surface area contributed by atoms with E-state index in [2.05, 4.69) is 22.8 Å². The van der Waals surface area contributed by atoms with Gasteiger partial charge in [-0.3, -0.25) is 9.59 Å². The molecule has 0 saturated heterocycles. The van der Waals surface area contributed by atoms with Crippen LogP contribution in [0.4, 0.5) is 0 Å². The van der Waals surface area contributed by atoms with Crippen LogP contribution in [0.1, 0.15) is 34.8 Å². The average molecular weight is 340 g/mol. The van der Waals surface area contributed by atoms with Crippen molar-refractivity contribution < 1.29 is 9.59 Å². The molecule has 0 aliphatic carbocycles. The molecule has 1 aliphatic rings. The highest BCUT2D eigenvalue weighted by atomic mass is 32.2.